The first kappa shape index (κ1) is 13.1. The van der Waals surface area contributed by atoms with Gasteiger partial charge in [-0.25, -0.2) is 0 Å². The topological polar surface area (TPSA) is 93.8 Å². The van der Waals surface area contributed by atoms with Gasteiger partial charge in [0.05, 0.1) is 17.8 Å². The van der Waals surface area contributed by atoms with Crippen LogP contribution in [0, 0.1) is 0 Å². The Bertz CT molecular complexity index is 835. The average molecular weight is 296 g/mol. The highest BCUT2D eigenvalue weighted by Gasteiger charge is 2.30. The molecule has 1 amide bonds. The molecule has 4 N–H and O–H groups in total. The summed E-state index contributed by atoms with van der Waals surface area (Å²) in [6.45, 7) is 0. The molecule has 6 nitrogen and oxygen atoms in total. The summed E-state index contributed by atoms with van der Waals surface area (Å²) in [6, 6.07) is 9.54. The molecule has 1 aliphatic rings. The number of carbonyl (C=O) groups is 1. The number of nitrogens with one attached hydrogen (secondary N) is 3. The summed E-state index contributed by atoms with van der Waals surface area (Å²) < 4.78 is 0. The van der Waals surface area contributed by atoms with Crippen molar-refractivity contribution < 1.29 is 9.90 Å². The number of hydrogen-bond acceptors (Lipinski definition) is 3. The molecule has 1 saturated carbocycles. The molecule has 2 aromatic heterocycles. The van der Waals surface area contributed by atoms with E-state index in [9.17, 15) is 9.90 Å². The normalized spacial score (nSPS) is 20.8. The van der Waals surface area contributed by atoms with Crippen LogP contribution in [0.4, 0.5) is 0 Å². The Morgan fingerprint density at radius 3 is 2.95 bits per heavy atom. The molecule has 0 unspecified atom stereocenters. The van der Waals surface area contributed by atoms with Gasteiger partial charge >= 0.3 is 0 Å². The molecule has 0 bridgehead atoms. The number of nitrogens with zero attached hydrogens (tertiary/aromatic N) is 1. The van der Waals surface area contributed by atoms with Crippen molar-refractivity contribution >= 4 is 16.8 Å². The van der Waals surface area contributed by atoms with Gasteiger partial charge in [0.2, 0.25) is 0 Å². The molecule has 2 atom stereocenters. The first-order valence-corrected chi connectivity index (χ1v) is 7.33. The molecule has 3 aromatic rings. The highest BCUT2D eigenvalue weighted by molar-refractivity contribution is 5.97. The van der Waals surface area contributed by atoms with E-state index in [4.69, 9.17) is 0 Å². The minimum absolute atomic E-state index is 0.146. The Morgan fingerprint density at radius 1 is 1.32 bits per heavy atom. The van der Waals surface area contributed by atoms with E-state index in [-0.39, 0.29) is 11.9 Å². The van der Waals surface area contributed by atoms with Crippen LogP contribution >= 0.6 is 0 Å². The van der Waals surface area contributed by atoms with Crippen LogP contribution in [-0.4, -0.2) is 38.3 Å². The minimum atomic E-state index is -0.431. The van der Waals surface area contributed by atoms with E-state index in [2.05, 4.69) is 20.5 Å². The van der Waals surface area contributed by atoms with Crippen LogP contribution in [-0.2, 0) is 0 Å². The monoisotopic (exact) mass is 296 g/mol. The Balaban J connectivity index is 1.59. The zero-order chi connectivity index (χ0) is 15.1. The van der Waals surface area contributed by atoms with Crippen molar-refractivity contribution in [3.05, 3.63) is 42.2 Å². The Hall–Kier alpha value is -2.60. The Morgan fingerprint density at radius 2 is 2.18 bits per heavy atom. The minimum Gasteiger partial charge on any atom is -0.391 e. The lowest BCUT2D eigenvalue weighted by Gasteiger charge is -2.32. The maximum atomic E-state index is 12.1. The number of carbonyl (C=O) groups excluding carboxylic acids is 1. The van der Waals surface area contributed by atoms with Crippen molar-refractivity contribution in [1.29, 1.82) is 0 Å². The van der Waals surface area contributed by atoms with Crippen LogP contribution in [0.3, 0.4) is 0 Å². The van der Waals surface area contributed by atoms with Gasteiger partial charge in [-0.2, -0.15) is 5.10 Å². The summed E-state index contributed by atoms with van der Waals surface area (Å²) in [6.07, 6.45) is 3.02. The van der Waals surface area contributed by atoms with E-state index in [1.807, 2.05) is 30.5 Å². The third-order valence-corrected chi connectivity index (χ3v) is 4.24. The van der Waals surface area contributed by atoms with Crippen molar-refractivity contribution in [2.75, 3.05) is 0 Å². The molecule has 1 aromatic carbocycles. The van der Waals surface area contributed by atoms with E-state index < -0.39 is 6.10 Å². The smallest absolute Gasteiger partial charge is 0.269 e. The van der Waals surface area contributed by atoms with Gasteiger partial charge in [0, 0.05) is 22.7 Å². The molecule has 0 saturated heterocycles. The fourth-order valence-electron chi connectivity index (χ4n) is 2.76. The zero-order valence-corrected chi connectivity index (χ0v) is 11.8. The van der Waals surface area contributed by atoms with Crippen LogP contribution in [0.5, 0.6) is 0 Å². The fraction of sp³-hybridized carbons (Fsp3) is 0.250. The number of aromatic amines is 2. The van der Waals surface area contributed by atoms with Gasteiger partial charge in [0.25, 0.3) is 5.91 Å². The summed E-state index contributed by atoms with van der Waals surface area (Å²) in [7, 11) is 0. The van der Waals surface area contributed by atoms with E-state index in [1.54, 1.807) is 6.07 Å². The lowest BCUT2D eigenvalue weighted by atomic mass is 9.89. The molecule has 6 heteroatoms. The number of rotatable bonds is 3. The third-order valence-electron chi connectivity index (χ3n) is 4.24. The SMILES string of the molecule is O=C(N[C@@H]1CC[C@H]1O)c1cc(-c2c[nH]c3ccccc23)n[nH]1. The van der Waals surface area contributed by atoms with E-state index >= 15 is 0 Å². The molecule has 0 aliphatic heterocycles. The van der Waals surface area contributed by atoms with Gasteiger partial charge < -0.3 is 15.4 Å². The summed E-state index contributed by atoms with van der Waals surface area (Å²) in [4.78, 5) is 15.3. The summed E-state index contributed by atoms with van der Waals surface area (Å²) in [5.74, 6) is -0.234. The fourth-order valence-corrected chi connectivity index (χ4v) is 2.76. The van der Waals surface area contributed by atoms with Crippen LogP contribution in [0.2, 0.25) is 0 Å². The molecular formula is C16H16N4O2. The van der Waals surface area contributed by atoms with Crippen LogP contribution in [0.15, 0.2) is 36.5 Å². The summed E-state index contributed by atoms with van der Waals surface area (Å²) in [5.41, 5.74) is 3.11. The second-order valence-electron chi connectivity index (χ2n) is 5.64. The quantitative estimate of drug-likeness (QED) is 0.594. The molecule has 4 rings (SSSR count). The van der Waals surface area contributed by atoms with Gasteiger partial charge in [0.15, 0.2) is 0 Å². The van der Waals surface area contributed by atoms with E-state index in [0.29, 0.717) is 5.69 Å². The molecule has 1 aliphatic carbocycles. The molecule has 22 heavy (non-hydrogen) atoms. The lowest BCUT2D eigenvalue weighted by Crippen LogP contribution is -2.50. The van der Waals surface area contributed by atoms with Crippen LogP contribution in [0.25, 0.3) is 22.2 Å². The number of para-hydroxylation sites is 1. The van der Waals surface area contributed by atoms with Crippen LogP contribution in [0.1, 0.15) is 23.3 Å². The number of benzene rings is 1. The number of aliphatic hydroxyl groups excluding tert-OH is 1. The first-order valence-electron chi connectivity index (χ1n) is 7.33. The number of hydrogen-bond donors (Lipinski definition) is 4. The summed E-state index contributed by atoms with van der Waals surface area (Å²) >= 11 is 0. The maximum absolute atomic E-state index is 12.1. The second-order valence-corrected chi connectivity index (χ2v) is 5.64. The van der Waals surface area contributed by atoms with Crippen molar-refractivity contribution in [1.82, 2.24) is 20.5 Å². The third kappa shape index (κ3) is 2.08. The molecule has 2 heterocycles. The van der Waals surface area contributed by atoms with Gasteiger partial charge in [0.1, 0.15) is 5.69 Å². The second kappa shape index (κ2) is 4.99. The molecule has 0 radical (unpaired) electrons. The van der Waals surface area contributed by atoms with Gasteiger partial charge in [-0.05, 0) is 25.0 Å². The van der Waals surface area contributed by atoms with Crippen molar-refractivity contribution in [3.63, 3.8) is 0 Å². The first-order chi connectivity index (χ1) is 10.7. The van der Waals surface area contributed by atoms with E-state index in [0.717, 1.165) is 35.0 Å². The van der Waals surface area contributed by atoms with Crippen LogP contribution < -0.4 is 5.32 Å². The van der Waals surface area contributed by atoms with Gasteiger partial charge in [-0.1, -0.05) is 18.2 Å². The standard InChI is InChI=1S/C16H16N4O2/c21-15-6-5-12(15)18-16(22)14-7-13(19-20-14)10-8-17-11-4-2-1-3-9(10)11/h1-4,7-8,12,15,17,21H,5-6H2,(H,18,22)(H,19,20)/t12-,15-/m1/s1. The zero-order valence-electron chi connectivity index (χ0n) is 11.8. The number of fused-ring (bicyclic) bond motifs is 1. The molecule has 112 valence electrons. The Labute approximate surface area is 126 Å². The van der Waals surface area contributed by atoms with Crippen molar-refractivity contribution in [2.24, 2.45) is 0 Å². The predicted octanol–water partition coefficient (Wildman–Crippen LogP) is 1.81. The Kier molecular flexibility index (Phi) is 2.97. The molecular weight excluding hydrogens is 280 g/mol. The highest BCUT2D eigenvalue weighted by atomic mass is 16.3. The largest absolute Gasteiger partial charge is 0.391 e. The molecule has 0 spiro atoms. The predicted molar refractivity (Wildman–Crippen MR) is 82.4 cm³/mol. The number of aliphatic hydroxyl groups is 1. The average Bonchev–Trinajstić information content (AvgIpc) is 3.17. The maximum Gasteiger partial charge on any atom is 0.269 e. The molecule has 1 fully saturated rings. The van der Waals surface area contributed by atoms with Gasteiger partial charge in [-0.3, -0.25) is 9.89 Å². The highest BCUT2D eigenvalue weighted by Crippen LogP contribution is 2.27. The van der Waals surface area contributed by atoms with E-state index in [1.165, 1.54) is 0 Å². The van der Waals surface area contributed by atoms with Gasteiger partial charge in [-0.15, -0.1) is 0 Å². The van der Waals surface area contributed by atoms with Crippen molar-refractivity contribution in [2.45, 2.75) is 25.0 Å². The number of amides is 1. The summed E-state index contributed by atoms with van der Waals surface area (Å²) in [5, 5.41) is 20.4. The van der Waals surface area contributed by atoms with Crippen molar-refractivity contribution in [3.8, 4) is 11.3 Å². The number of aromatic nitrogens is 3. The number of H-pyrrole nitrogens is 2. The lowest BCUT2D eigenvalue weighted by molar-refractivity contribution is 0.0445.